The molecule has 2 aliphatic rings. The van der Waals surface area contributed by atoms with Gasteiger partial charge < -0.3 is 24.4 Å². The number of benzene rings is 1. The summed E-state index contributed by atoms with van der Waals surface area (Å²) in [6.07, 6.45) is 5.78. The van der Waals surface area contributed by atoms with E-state index in [2.05, 4.69) is 34.4 Å². The Hall–Kier alpha value is -2.54. The summed E-state index contributed by atoms with van der Waals surface area (Å²) in [6, 6.07) is 10.2. The van der Waals surface area contributed by atoms with Crippen LogP contribution in [-0.2, 0) is 17.6 Å². The third-order valence-corrected chi connectivity index (χ3v) is 7.12. The number of para-hydroxylation sites is 2. The number of rotatable bonds is 9. The number of hydrogen-bond donors (Lipinski definition) is 1. The number of carbonyl (C=O) groups is 1. The maximum atomic E-state index is 13.2. The van der Waals surface area contributed by atoms with Crippen molar-refractivity contribution in [3.63, 3.8) is 0 Å². The highest BCUT2D eigenvalue weighted by Gasteiger charge is 2.31. The Morgan fingerprint density at radius 3 is 2.82 bits per heavy atom. The van der Waals surface area contributed by atoms with Gasteiger partial charge in [-0.15, -0.1) is 0 Å². The number of aromatic nitrogens is 1. The number of nitrogens with zero attached hydrogens (tertiary/aromatic N) is 3. The molecule has 1 aromatic carbocycles. The van der Waals surface area contributed by atoms with Gasteiger partial charge in [-0.2, -0.15) is 0 Å². The summed E-state index contributed by atoms with van der Waals surface area (Å²) < 4.78 is 11.0. The van der Waals surface area contributed by atoms with Gasteiger partial charge in [-0.05, 0) is 56.3 Å². The van der Waals surface area contributed by atoms with Crippen LogP contribution in [0.3, 0.4) is 0 Å². The number of methoxy groups -OCH3 is 1. The van der Waals surface area contributed by atoms with Gasteiger partial charge in [-0.25, -0.2) is 0 Å². The van der Waals surface area contributed by atoms with E-state index in [-0.39, 0.29) is 5.91 Å². The molecular weight excluding hydrogens is 416 g/mol. The zero-order chi connectivity index (χ0) is 23.0. The van der Waals surface area contributed by atoms with Crippen molar-refractivity contribution in [2.24, 2.45) is 11.8 Å². The number of ether oxygens (including phenoxy) is 1. The van der Waals surface area contributed by atoms with Crippen LogP contribution in [0.1, 0.15) is 44.1 Å². The van der Waals surface area contributed by atoms with Crippen molar-refractivity contribution in [1.82, 2.24) is 15.4 Å². The molecule has 7 heteroatoms. The molecule has 0 saturated carbocycles. The lowest BCUT2D eigenvalue weighted by molar-refractivity contribution is -0.133. The Morgan fingerprint density at radius 1 is 1.21 bits per heavy atom. The lowest BCUT2D eigenvalue weighted by Gasteiger charge is -2.38. The summed E-state index contributed by atoms with van der Waals surface area (Å²) >= 11 is 0. The van der Waals surface area contributed by atoms with Crippen LogP contribution in [0.2, 0.25) is 0 Å². The number of carbonyl (C=O) groups excluding carboxylic acids is 1. The fraction of sp³-hybridized carbons (Fsp3) is 0.615. The largest absolute Gasteiger partial charge is 0.495 e. The zero-order valence-electron chi connectivity index (χ0n) is 20.1. The molecule has 2 atom stereocenters. The predicted octanol–water partition coefficient (Wildman–Crippen LogP) is 3.53. The Bertz CT molecular complexity index is 891. The summed E-state index contributed by atoms with van der Waals surface area (Å²) in [5.74, 6) is 2.97. The van der Waals surface area contributed by atoms with E-state index >= 15 is 0 Å². The van der Waals surface area contributed by atoms with E-state index in [4.69, 9.17) is 9.26 Å². The quantitative estimate of drug-likeness (QED) is 0.625. The van der Waals surface area contributed by atoms with Gasteiger partial charge in [0.2, 0.25) is 5.91 Å². The van der Waals surface area contributed by atoms with Gasteiger partial charge >= 0.3 is 0 Å². The fourth-order valence-electron chi connectivity index (χ4n) is 5.12. The van der Waals surface area contributed by atoms with Gasteiger partial charge in [0.1, 0.15) is 11.5 Å². The zero-order valence-corrected chi connectivity index (χ0v) is 20.1. The Morgan fingerprint density at radius 2 is 2.03 bits per heavy atom. The third-order valence-electron chi connectivity index (χ3n) is 7.12. The summed E-state index contributed by atoms with van der Waals surface area (Å²) in [5.41, 5.74) is 2.13. The molecule has 0 aliphatic carbocycles. The lowest BCUT2D eigenvalue weighted by Crippen LogP contribution is -2.50. The second kappa shape index (κ2) is 11.5. The number of anilines is 1. The van der Waals surface area contributed by atoms with Gasteiger partial charge in [0.05, 0.1) is 18.5 Å². The maximum absolute atomic E-state index is 13.2. The SMILES string of the molecule is CCCCc1cc(C[C@H]2CNCC[C@H]2CC(=O)N2CCN(c3ccccc3OC)CC2)no1. The van der Waals surface area contributed by atoms with E-state index in [1.807, 2.05) is 23.1 Å². The number of nitrogens with one attached hydrogen (secondary N) is 1. The number of piperazine rings is 1. The van der Waals surface area contributed by atoms with Crippen molar-refractivity contribution in [3.05, 3.63) is 41.8 Å². The molecule has 1 N–H and O–H groups in total. The first kappa shape index (κ1) is 23.6. The summed E-state index contributed by atoms with van der Waals surface area (Å²) in [6.45, 7) is 7.30. The monoisotopic (exact) mass is 454 g/mol. The number of hydrogen-bond acceptors (Lipinski definition) is 6. The predicted molar refractivity (Wildman–Crippen MR) is 130 cm³/mol. The smallest absolute Gasteiger partial charge is 0.222 e. The number of amides is 1. The number of unbranched alkanes of at least 4 members (excludes halogenated alkanes) is 1. The van der Waals surface area contributed by atoms with Crippen molar-refractivity contribution >= 4 is 11.6 Å². The van der Waals surface area contributed by atoms with Crippen LogP contribution in [0.25, 0.3) is 0 Å². The third kappa shape index (κ3) is 6.08. The fourth-order valence-corrected chi connectivity index (χ4v) is 5.12. The van der Waals surface area contributed by atoms with Gasteiger partial charge in [-0.3, -0.25) is 4.79 Å². The van der Waals surface area contributed by atoms with Gasteiger partial charge in [-0.1, -0.05) is 30.6 Å². The van der Waals surface area contributed by atoms with E-state index < -0.39 is 0 Å². The lowest BCUT2D eigenvalue weighted by atomic mass is 9.81. The molecule has 0 spiro atoms. The highest BCUT2D eigenvalue weighted by molar-refractivity contribution is 5.77. The molecule has 3 heterocycles. The highest BCUT2D eigenvalue weighted by Crippen LogP contribution is 2.30. The minimum absolute atomic E-state index is 0.287. The van der Waals surface area contributed by atoms with Crippen molar-refractivity contribution in [2.45, 2.75) is 45.4 Å². The second-order valence-electron chi connectivity index (χ2n) is 9.35. The Labute approximate surface area is 197 Å². The molecule has 4 rings (SSSR count). The molecule has 2 aromatic rings. The summed E-state index contributed by atoms with van der Waals surface area (Å²) in [4.78, 5) is 17.5. The average molecular weight is 455 g/mol. The normalized spacial score (nSPS) is 21.3. The molecule has 2 aliphatic heterocycles. The van der Waals surface area contributed by atoms with Crippen molar-refractivity contribution in [3.8, 4) is 5.75 Å². The molecule has 0 radical (unpaired) electrons. The first-order chi connectivity index (χ1) is 16.2. The Balaban J connectivity index is 1.30. The van der Waals surface area contributed by atoms with E-state index in [0.29, 0.717) is 18.3 Å². The van der Waals surface area contributed by atoms with E-state index in [0.717, 1.165) is 94.3 Å². The van der Waals surface area contributed by atoms with Crippen LogP contribution >= 0.6 is 0 Å². The van der Waals surface area contributed by atoms with Gasteiger partial charge in [0.15, 0.2) is 0 Å². The van der Waals surface area contributed by atoms with Crippen LogP contribution in [0.15, 0.2) is 34.9 Å². The minimum atomic E-state index is 0.287. The molecule has 2 saturated heterocycles. The van der Waals surface area contributed by atoms with Crippen LogP contribution in [0, 0.1) is 11.8 Å². The molecular formula is C26H38N4O3. The number of piperidine rings is 1. The second-order valence-corrected chi connectivity index (χ2v) is 9.35. The van der Waals surface area contributed by atoms with E-state index in [1.165, 1.54) is 0 Å². The van der Waals surface area contributed by atoms with Crippen molar-refractivity contribution in [2.75, 3.05) is 51.3 Å². The molecule has 0 unspecified atom stereocenters. The Kier molecular flexibility index (Phi) is 8.26. The van der Waals surface area contributed by atoms with Crippen LogP contribution in [-0.4, -0.2) is 62.3 Å². The molecule has 0 bridgehead atoms. The molecule has 33 heavy (non-hydrogen) atoms. The van der Waals surface area contributed by atoms with Gasteiger partial charge in [0.25, 0.3) is 0 Å². The van der Waals surface area contributed by atoms with Crippen LogP contribution < -0.4 is 15.0 Å². The topological polar surface area (TPSA) is 70.8 Å². The molecule has 7 nitrogen and oxygen atoms in total. The molecule has 1 aromatic heterocycles. The molecule has 2 fully saturated rings. The standard InChI is InChI=1S/C26H38N4O3/c1-3-4-7-23-18-22(28-33-23)16-21-19-27-11-10-20(21)17-26(31)30-14-12-29(13-15-30)24-8-5-6-9-25(24)32-2/h5-6,8-9,18,20-21,27H,3-4,7,10-17,19H2,1-2H3/t20-,21-/m0/s1. The minimum Gasteiger partial charge on any atom is -0.495 e. The molecule has 180 valence electrons. The summed E-state index contributed by atoms with van der Waals surface area (Å²) in [7, 11) is 1.71. The van der Waals surface area contributed by atoms with Crippen molar-refractivity contribution in [1.29, 1.82) is 0 Å². The first-order valence-corrected chi connectivity index (χ1v) is 12.5. The average Bonchev–Trinajstić information content (AvgIpc) is 3.31. The van der Waals surface area contributed by atoms with Crippen LogP contribution in [0.5, 0.6) is 5.75 Å². The van der Waals surface area contributed by atoms with Crippen LogP contribution in [0.4, 0.5) is 5.69 Å². The maximum Gasteiger partial charge on any atom is 0.222 e. The van der Waals surface area contributed by atoms with E-state index in [1.54, 1.807) is 7.11 Å². The van der Waals surface area contributed by atoms with Gasteiger partial charge in [0, 0.05) is 45.1 Å². The van der Waals surface area contributed by atoms with Crippen molar-refractivity contribution < 1.29 is 14.1 Å². The highest BCUT2D eigenvalue weighted by atomic mass is 16.5. The molecule has 1 amide bonds. The summed E-state index contributed by atoms with van der Waals surface area (Å²) in [5, 5.41) is 7.82. The first-order valence-electron chi connectivity index (χ1n) is 12.5. The number of aryl methyl sites for hydroxylation is 1. The van der Waals surface area contributed by atoms with E-state index in [9.17, 15) is 4.79 Å².